The molecule has 154 valence electrons. The van der Waals surface area contributed by atoms with E-state index in [9.17, 15) is 0 Å². The van der Waals surface area contributed by atoms with E-state index in [0.717, 1.165) is 23.7 Å². The number of piperidine rings is 1. The van der Waals surface area contributed by atoms with Crippen LogP contribution in [0.3, 0.4) is 0 Å². The van der Waals surface area contributed by atoms with Crippen molar-refractivity contribution in [3.05, 3.63) is 0 Å². The first-order chi connectivity index (χ1) is 13.0. The summed E-state index contributed by atoms with van der Waals surface area (Å²) >= 11 is 0. The van der Waals surface area contributed by atoms with Crippen LogP contribution in [0.5, 0.6) is 0 Å². The normalized spacial score (nSPS) is 44.6. The van der Waals surface area contributed by atoms with Crippen LogP contribution >= 0.6 is 0 Å². The molecule has 0 radical (unpaired) electrons. The zero-order chi connectivity index (χ0) is 19.4. The smallest absolute Gasteiger partial charge is 0.0550 e. The van der Waals surface area contributed by atoms with Gasteiger partial charge in [0, 0.05) is 24.0 Å². The number of nitrogens with zero attached hydrogens (tertiary/aromatic N) is 2. The molecule has 3 heteroatoms. The maximum Gasteiger partial charge on any atom is 0.0550 e. The van der Waals surface area contributed by atoms with Crippen molar-refractivity contribution in [3.8, 4) is 0 Å². The predicted octanol–water partition coefficient (Wildman–Crippen LogP) is 5.68. The van der Waals surface area contributed by atoms with Crippen LogP contribution in [0, 0.1) is 23.7 Å². The van der Waals surface area contributed by atoms with Crippen molar-refractivity contribution >= 4 is 11.9 Å². The van der Waals surface area contributed by atoms with Crippen molar-refractivity contribution in [2.24, 2.45) is 33.7 Å². The van der Waals surface area contributed by atoms with Gasteiger partial charge in [-0.3, -0.25) is 9.98 Å². The summed E-state index contributed by atoms with van der Waals surface area (Å²) in [5.74, 6) is 2.95. The lowest BCUT2D eigenvalue weighted by molar-refractivity contribution is 0.251. The Hall–Kier alpha value is -0.700. The van der Waals surface area contributed by atoms with Crippen molar-refractivity contribution in [2.45, 2.75) is 117 Å². The minimum atomic E-state index is 0.427. The van der Waals surface area contributed by atoms with Crippen molar-refractivity contribution < 1.29 is 0 Å². The topological polar surface area (TPSA) is 36.8 Å². The van der Waals surface area contributed by atoms with E-state index >= 15 is 0 Å². The molecule has 0 aromatic rings. The molecule has 6 atom stereocenters. The Bertz CT molecular complexity index is 506. The van der Waals surface area contributed by atoms with Gasteiger partial charge in [-0.25, -0.2) is 0 Å². The SMILES string of the molecule is C/C(=N\C1C(C)CCCC1C)C1CCCC(/C=N/C2C(C)CCCC2C)N1. The van der Waals surface area contributed by atoms with Crippen LogP contribution in [0.4, 0.5) is 0 Å². The molecule has 2 saturated carbocycles. The van der Waals surface area contributed by atoms with Gasteiger partial charge in [-0.2, -0.15) is 0 Å². The van der Waals surface area contributed by atoms with E-state index in [4.69, 9.17) is 9.98 Å². The van der Waals surface area contributed by atoms with Gasteiger partial charge >= 0.3 is 0 Å². The summed E-state index contributed by atoms with van der Waals surface area (Å²) in [6.07, 6.45) is 14.1. The molecule has 3 rings (SSSR count). The quantitative estimate of drug-likeness (QED) is 0.633. The molecule has 1 saturated heterocycles. The van der Waals surface area contributed by atoms with Gasteiger partial charge in [-0.1, -0.05) is 40.5 Å². The summed E-state index contributed by atoms with van der Waals surface area (Å²) in [4.78, 5) is 10.3. The van der Waals surface area contributed by atoms with Crippen LogP contribution < -0.4 is 5.32 Å². The third-order valence-electron chi connectivity index (χ3n) is 7.69. The van der Waals surface area contributed by atoms with E-state index in [1.54, 1.807) is 0 Å². The Balaban J connectivity index is 1.60. The van der Waals surface area contributed by atoms with Crippen molar-refractivity contribution in [2.75, 3.05) is 0 Å². The summed E-state index contributed by atoms with van der Waals surface area (Å²) in [6.45, 7) is 11.8. The van der Waals surface area contributed by atoms with Gasteiger partial charge in [-0.05, 0) is 75.5 Å². The van der Waals surface area contributed by atoms with Gasteiger partial charge in [0.25, 0.3) is 0 Å². The van der Waals surface area contributed by atoms with Gasteiger partial charge in [0.1, 0.15) is 0 Å². The minimum absolute atomic E-state index is 0.427. The Kier molecular flexibility index (Phi) is 7.53. The second kappa shape index (κ2) is 9.67. The van der Waals surface area contributed by atoms with Crippen LogP contribution in [0.1, 0.15) is 92.4 Å². The second-order valence-corrected chi connectivity index (χ2v) is 10.1. The van der Waals surface area contributed by atoms with Crippen LogP contribution in [0.2, 0.25) is 0 Å². The maximum atomic E-state index is 5.24. The Labute approximate surface area is 167 Å². The number of rotatable bonds is 4. The molecule has 0 amide bonds. The lowest BCUT2D eigenvalue weighted by Gasteiger charge is -2.35. The highest BCUT2D eigenvalue weighted by Gasteiger charge is 2.30. The molecular weight excluding hydrogens is 330 g/mol. The maximum absolute atomic E-state index is 5.24. The van der Waals surface area contributed by atoms with Crippen molar-refractivity contribution in [3.63, 3.8) is 0 Å². The van der Waals surface area contributed by atoms with Crippen LogP contribution in [0.25, 0.3) is 0 Å². The minimum Gasteiger partial charge on any atom is -0.301 e. The molecule has 0 aromatic carbocycles. The van der Waals surface area contributed by atoms with Crippen molar-refractivity contribution in [1.82, 2.24) is 5.32 Å². The van der Waals surface area contributed by atoms with Gasteiger partial charge in [0.2, 0.25) is 0 Å². The Morgan fingerprint density at radius 3 is 1.85 bits per heavy atom. The van der Waals surface area contributed by atoms with Crippen LogP contribution in [0.15, 0.2) is 9.98 Å². The van der Waals surface area contributed by atoms with Crippen LogP contribution in [-0.4, -0.2) is 36.1 Å². The molecule has 6 unspecified atom stereocenters. The third-order valence-corrected chi connectivity index (χ3v) is 7.69. The van der Waals surface area contributed by atoms with E-state index in [1.165, 1.54) is 63.5 Å². The van der Waals surface area contributed by atoms with E-state index in [0.29, 0.717) is 24.2 Å². The standard InChI is InChI=1S/C24H43N3/c1-16-9-6-10-17(2)23(16)25-15-21-13-8-14-22(27-21)20(5)26-24-18(3)11-7-12-19(24)4/h15-19,21-24,27H,6-14H2,1-5H3/b25-15+,26-20+. The first-order valence-corrected chi connectivity index (χ1v) is 11.8. The molecule has 3 nitrogen and oxygen atoms in total. The zero-order valence-electron chi connectivity index (χ0n) is 18.5. The largest absolute Gasteiger partial charge is 0.301 e. The molecule has 3 aliphatic rings. The van der Waals surface area contributed by atoms with E-state index < -0.39 is 0 Å². The fraction of sp³-hybridized carbons (Fsp3) is 0.917. The fourth-order valence-corrected chi connectivity index (χ4v) is 5.82. The molecule has 0 bridgehead atoms. The molecule has 1 aliphatic heterocycles. The summed E-state index contributed by atoms with van der Waals surface area (Å²) in [5, 5.41) is 3.86. The number of nitrogens with one attached hydrogen (secondary N) is 1. The average Bonchev–Trinajstić information content (AvgIpc) is 2.64. The number of aliphatic imine (C=N–C) groups is 2. The summed E-state index contributed by atoms with van der Waals surface area (Å²) in [5.41, 5.74) is 1.33. The van der Waals surface area contributed by atoms with E-state index in [1.807, 2.05) is 0 Å². The van der Waals surface area contributed by atoms with Crippen molar-refractivity contribution in [1.29, 1.82) is 0 Å². The summed E-state index contributed by atoms with van der Waals surface area (Å²) in [7, 11) is 0. The number of hydrogen-bond acceptors (Lipinski definition) is 3. The van der Waals surface area contributed by atoms with Gasteiger partial charge in [0.05, 0.1) is 12.1 Å². The molecule has 27 heavy (non-hydrogen) atoms. The Morgan fingerprint density at radius 1 is 0.741 bits per heavy atom. The monoisotopic (exact) mass is 373 g/mol. The highest BCUT2D eigenvalue weighted by atomic mass is 15.0. The highest BCUT2D eigenvalue weighted by molar-refractivity contribution is 5.88. The third kappa shape index (κ3) is 5.43. The summed E-state index contributed by atoms with van der Waals surface area (Å²) in [6, 6.07) is 1.92. The average molecular weight is 374 g/mol. The fourth-order valence-electron chi connectivity index (χ4n) is 5.82. The summed E-state index contributed by atoms with van der Waals surface area (Å²) < 4.78 is 0. The van der Waals surface area contributed by atoms with E-state index in [2.05, 4.69) is 46.2 Å². The molecule has 1 N–H and O–H groups in total. The molecule has 1 heterocycles. The zero-order valence-corrected chi connectivity index (χ0v) is 18.5. The van der Waals surface area contributed by atoms with Gasteiger partial charge < -0.3 is 5.32 Å². The first kappa shape index (κ1) is 21.0. The molecule has 0 spiro atoms. The second-order valence-electron chi connectivity index (χ2n) is 10.1. The molecule has 3 fully saturated rings. The number of hydrogen-bond donors (Lipinski definition) is 1. The Morgan fingerprint density at radius 2 is 1.26 bits per heavy atom. The van der Waals surface area contributed by atoms with Crippen LogP contribution in [-0.2, 0) is 0 Å². The van der Waals surface area contributed by atoms with Gasteiger partial charge in [0.15, 0.2) is 0 Å². The predicted molar refractivity (Wildman–Crippen MR) is 118 cm³/mol. The first-order valence-electron chi connectivity index (χ1n) is 11.8. The molecular formula is C24H43N3. The van der Waals surface area contributed by atoms with E-state index in [-0.39, 0.29) is 0 Å². The lowest BCUT2D eigenvalue weighted by atomic mass is 9.79. The highest BCUT2D eigenvalue weighted by Crippen LogP contribution is 2.32. The molecule has 2 aliphatic carbocycles. The molecule has 0 aromatic heterocycles. The lowest BCUT2D eigenvalue weighted by Crippen LogP contribution is -2.47. The van der Waals surface area contributed by atoms with Gasteiger partial charge in [-0.15, -0.1) is 0 Å².